The van der Waals surface area contributed by atoms with E-state index < -0.39 is 15.9 Å². The second-order valence-corrected chi connectivity index (χ2v) is 9.06. The van der Waals surface area contributed by atoms with Crippen LogP contribution in [0.1, 0.15) is 19.8 Å². The molecule has 0 saturated carbocycles. The van der Waals surface area contributed by atoms with Crippen LogP contribution in [0.2, 0.25) is 0 Å². The van der Waals surface area contributed by atoms with Crippen molar-refractivity contribution < 1.29 is 22.7 Å². The minimum Gasteiger partial charge on any atom is -0.497 e. The molecular weight excluding hydrogens is 406 g/mol. The summed E-state index contributed by atoms with van der Waals surface area (Å²) in [6.45, 7) is 1.87. The van der Waals surface area contributed by atoms with Gasteiger partial charge in [-0.25, -0.2) is 8.42 Å². The molecule has 2 aromatic carbocycles. The maximum Gasteiger partial charge on any atom is 0.243 e. The Morgan fingerprint density at radius 3 is 2.20 bits per heavy atom. The van der Waals surface area contributed by atoms with Crippen molar-refractivity contribution in [3.8, 4) is 5.75 Å². The second kappa shape index (κ2) is 9.27. The minimum atomic E-state index is -3.73. The first-order valence-corrected chi connectivity index (χ1v) is 11.1. The Kier molecular flexibility index (Phi) is 6.73. The van der Waals surface area contributed by atoms with Crippen molar-refractivity contribution in [2.75, 3.05) is 30.8 Å². The third-order valence-electron chi connectivity index (χ3n) is 4.92. The molecule has 3 rings (SSSR count). The van der Waals surface area contributed by atoms with E-state index in [-0.39, 0.29) is 23.3 Å². The lowest BCUT2D eigenvalue weighted by Gasteiger charge is -2.31. The maximum absolute atomic E-state index is 13.0. The van der Waals surface area contributed by atoms with Gasteiger partial charge in [0.25, 0.3) is 0 Å². The van der Waals surface area contributed by atoms with E-state index in [1.54, 1.807) is 43.5 Å². The van der Waals surface area contributed by atoms with Crippen molar-refractivity contribution in [1.29, 1.82) is 0 Å². The molecule has 1 saturated heterocycles. The smallest absolute Gasteiger partial charge is 0.243 e. The van der Waals surface area contributed by atoms with Crippen molar-refractivity contribution in [3.05, 3.63) is 48.5 Å². The zero-order chi connectivity index (χ0) is 21.7. The number of hydrogen-bond donors (Lipinski definition) is 2. The quantitative estimate of drug-likeness (QED) is 0.732. The van der Waals surface area contributed by atoms with Gasteiger partial charge >= 0.3 is 0 Å². The van der Waals surface area contributed by atoms with E-state index in [9.17, 15) is 18.0 Å². The van der Waals surface area contributed by atoms with Gasteiger partial charge in [0.15, 0.2) is 0 Å². The number of nitrogens with zero attached hydrogens (tertiary/aromatic N) is 1. The number of methoxy groups -OCH3 is 1. The SMILES string of the molecule is COc1ccc(NC(=O)[C@H]2CCCN(S(=O)(=O)c3ccc(NC(C)=O)cc3)C2)cc1. The summed E-state index contributed by atoms with van der Waals surface area (Å²) in [4.78, 5) is 23.9. The lowest BCUT2D eigenvalue weighted by molar-refractivity contribution is -0.121. The molecule has 0 bridgehead atoms. The average molecular weight is 432 g/mol. The van der Waals surface area contributed by atoms with Crippen molar-refractivity contribution in [2.24, 2.45) is 5.92 Å². The molecule has 0 aliphatic carbocycles. The van der Waals surface area contributed by atoms with Crippen LogP contribution < -0.4 is 15.4 Å². The number of nitrogens with one attached hydrogen (secondary N) is 2. The molecule has 160 valence electrons. The third kappa shape index (κ3) is 5.17. The van der Waals surface area contributed by atoms with Gasteiger partial charge in [-0.3, -0.25) is 9.59 Å². The van der Waals surface area contributed by atoms with Crippen LogP contribution in [0.5, 0.6) is 5.75 Å². The summed E-state index contributed by atoms with van der Waals surface area (Å²) < 4.78 is 32.5. The fourth-order valence-electron chi connectivity index (χ4n) is 3.36. The Balaban J connectivity index is 1.67. The molecule has 1 atom stereocenters. The van der Waals surface area contributed by atoms with E-state index in [1.165, 1.54) is 23.4 Å². The van der Waals surface area contributed by atoms with Gasteiger partial charge in [-0.15, -0.1) is 0 Å². The molecule has 8 nitrogen and oxygen atoms in total. The lowest BCUT2D eigenvalue weighted by atomic mass is 9.99. The van der Waals surface area contributed by atoms with Gasteiger partial charge in [0.1, 0.15) is 5.75 Å². The van der Waals surface area contributed by atoms with Crippen LogP contribution in [0.3, 0.4) is 0 Å². The Morgan fingerprint density at radius 1 is 1.00 bits per heavy atom. The van der Waals surface area contributed by atoms with Crippen LogP contribution in [0.4, 0.5) is 11.4 Å². The molecule has 2 aromatic rings. The van der Waals surface area contributed by atoms with Crippen LogP contribution >= 0.6 is 0 Å². The van der Waals surface area contributed by atoms with Crippen molar-refractivity contribution >= 4 is 33.2 Å². The molecule has 1 fully saturated rings. The monoisotopic (exact) mass is 431 g/mol. The molecule has 2 N–H and O–H groups in total. The van der Waals surface area contributed by atoms with Gasteiger partial charge in [0, 0.05) is 31.4 Å². The zero-order valence-corrected chi connectivity index (χ0v) is 17.7. The Morgan fingerprint density at radius 2 is 1.60 bits per heavy atom. The number of ether oxygens (including phenoxy) is 1. The second-order valence-electron chi connectivity index (χ2n) is 7.13. The topological polar surface area (TPSA) is 105 Å². The normalized spacial score (nSPS) is 17.2. The Hall–Kier alpha value is -2.91. The number of carbonyl (C=O) groups is 2. The summed E-state index contributed by atoms with van der Waals surface area (Å²) in [7, 11) is -2.16. The average Bonchev–Trinajstić information content (AvgIpc) is 2.74. The van der Waals surface area contributed by atoms with Crippen molar-refractivity contribution in [1.82, 2.24) is 4.31 Å². The number of hydrogen-bond acceptors (Lipinski definition) is 5. The molecule has 2 amide bonds. The fourth-order valence-corrected chi connectivity index (χ4v) is 4.88. The predicted octanol–water partition coefficient (Wildman–Crippen LogP) is 2.69. The minimum absolute atomic E-state index is 0.123. The number of sulfonamides is 1. The highest BCUT2D eigenvalue weighted by Gasteiger charge is 2.33. The van der Waals surface area contributed by atoms with Gasteiger partial charge in [0.05, 0.1) is 17.9 Å². The molecule has 9 heteroatoms. The molecule has 0 unspecified atom stereocenters. The first-order valence-electron chi connectivity index (χ1n) is 9.62. The van der Waals surface area contributed by atoms with Gasteiger partial charge < -0.3 is 15.4 Å². The number of amides is 2. The number of carbonyl (C=O) groups excluding carboxylic acids is 2. The molecule has 0 spiro atoms. The molecule has 0 aromatic heterocycles. The van der Waals surface area contributed by atoms with Crippen LogP contribution in [0, 0.1) is 5.92 Å². The maximum atomic E-state index is 13.0. The van der Waals surface area contributed by atoms with Crippen LogP contribution in [0.15, 0.2) is 53.4 Å². The summed E-state index contributed by atoms with van der Waals surface area (Å²) in [6.07, 6.45) is 1.22. The van der Waals surface area contributed by atoms with E-state index in [4.69, 9.17) is 4.74 Å². The van der Waals surface area contributed by atoms with Crippen molar-refractivity contribution in [3.63, 3.8) is 0 Å². The first-order chi connectivity index (χ1) is 14.3. The molecule has 1 heterocycles. The standard InChI is InChI=1S/C21H25N3O5S/c1-15(25)22-17-7-11-20(12-8-17)30(27,28)24-13-3-4-16(14-24)21(26)23-18-5-9-19(29-2)10-6-18/h5-12,16H,3-4,13-14H2,1-2H3,(H,22,25)(H,23,26)/t16-/m0/s1. The number of anilines is 2. The highest BCUT2D eigenvalue weighted by Crippen LogP contribution is 2.26. The third-order valence-corrected chi connectivity index (χ3v) is 6.80. The van der Waals surface area contributed by atoms with Gasteiger partial charge in [0.2, 0.25) is 21.8 Å². The molecular formula is C21H25N3O5S. The highest BCUT2D eigenvalue weighted by atomic mass is 32.2. The van der Waals surface area contributed by atoms with Crippen LogP contribution in [0.25, 0.3) is 0 Å². The van der Waals surface area contributed by atoms with E-state index in [1.807, 2.05) is 0 Å². The largest absolute Gasteiger partial charge is 0.497 e. The number of piperidine rings is 1. The Labute approximate surface area is 176 Å². The Bertz CT molecular complexity index is 1000. The first kappa shape index (κ1) is 21.8. The van der Waals surface area contributed by atoms with Crippen molar-refractivity contribution in [2.45, 2.75) is 24.7 Å². The van der Waals surface area contributed by atoms with Gasteiger partial charge in [-0.1, -0.05) is 0 Å². The van der Waals surface area contributed by atoms with E-state index in [0.29, 0.717) is 36.5 Å². The summed E-state index contributed by atoms with van der Waals surface area (Å²) in [6, 6.07) is 13.0. The zero-order valence-electron chi connectivity index (χ0n) is 16.9. The van der Waals surface area contributed by atoms with E-state index >= 15 is 0 Å². The van der Waals surface area contributed by atoms with Crippen LogP contribution in [-0.4, -0.2) is 44.7 Å². The summed E-state index contributed by atoms with van der Waals surface area (Å²) in [5.41, 5.74) is 1.16. The fraction of sp³-hybridized carbons (Fsp3) is 0.333. The van der Waals surface area contributed by atoms with E-state index in [2.05, 4.69) is 10.6 Å². The van der Waals surface area contributed by atoms with Gasteiger partial charge in [-0.2, -0.15) is 4.31 Å². The molecule has 1 aliphatic rings. The lowest BCUT2D eigenvalue weighted by Crippen LogP contribution is -2.43. The number of rotatable bonds is 6. The van der Waals surface area contributed by atoms with E-state index in [0.717, 1.165) is 0 Å². The molecule has 30 heavy (non-hydrogen) atoms. The van der Waals surface area contributed by atoms with Gasteiger partial charge in [-0.05, 0) is 61.4 Å². The summed E-state index contributed by atoms with van der Waals surface area (Å²) in [5.74, 6) is -0.185. The predicted molar refractivity (Wildman–Crippen MR) is 114 cm³/mol. The van der Waals surface area contributed by atoms with Crippen LogP contribution in [-0.2, 0) is 19.6 Å². The summed E-state index contributed by atoms with van der Waals surface area (Å²) >= 11 is 0. The highest BCUT2D eigenvalue weighted by molar-refractivity contribution is 7.89. The molecule has 0 radical (unpaired) electrons. The molecule has 1 aliphatic heterocycles. The number of benzene rings is 2. The summed E-state index contributed by atoms with van der Waals surface area (Å²) in [5, 5.41) is 5.45.